The number of halogens is 1. The Morgan fingerprint density at radius 2 is 2.00 bits per heavy atom. The minimum atomic E-state index is -0.303. The number of pyridine rings is 2. The first-order chi connectivity index (χ1) is 19.1. The first-order valence-electron chi connectivity index (χ1n) is 13.3. The number of H-pyrrole nitrogens is 2. The molecule has 6 rings (SSSR count). The lowest BCUT2D eigenvalue weighted by Gasteiger charge is -2.23. The van der Waals surface area contributed by atoms with Gasteiger partial charge in [0.05, 0.1) is 34.6 Å². The van der Waals surface area contributed by atoms with Gasteiger partial charge in [-0.05, 0) is 86.2 Å². The Morgan fingerprint density at radius 1 is 1.13 bits per heavy atom. The highest BCUT2D eigenvalue weighted by atomic mass is 19.1. The van der Waals surface area contributed by atoms with Crippen molar-refractivity contribution in [3.8, 4) is 22.6 Å². The first-order valence-corrected chi connectivity index (χ1v) is 13.3. The number of hydrogen-bond acceptors (Lipinski definition) is 5. The van der Waals surface area contributed by atoms with Gasteiger partial charge in [-0.25, -0.2) is 9.37 Å². The van der Waals surface area contributed by atoms with E-state index in [4.69, 9.17) is 9.97 Å². The zero-order valence-electron chi connectivity index (χ0n) is 21.8. The molecule has 4 aromatic heterocycles. The molecule has 5 heterocycles. The van der Waals surface area contributed by atoms with Gasteiger partial charge in [-0.1, -0.05) is 30.9 Å². The number of aromatic amines is 2. The summed E-state index contributed by atoms with van der Waals surface area (Å²) in [4.78, 5) is 17.3. The molecule has 0 unspecified atom stereocenters. The summed E-state index contributed by atoms with van der Waals surface area (Å²) < 4.78 is 13.9. The van der Waals surface area contributed by atoms with Crippen molar-refractivity contribution in [2.45, 2.75) is 26.2 Å². The van der Waals surface area contributed by atoms with Crippen LogP contribution in [0.5, 0.6) is 0 Å². The van der Waals surface area contributed by atoms with Crippen molar-refractivity contribution in [2.75, 3.05) is 13.1 Å². The minimum absolute atomic E-state index is 0.303. The monoisotopic (exact) mass is 519 g/mol. The summed E-state index contributed by atoms with van der Waals surface area (Å²) in [6.45, 7) is 8.26. The molecule has 1 saturated heterocycles. The van der Waals surface area contributed by atoms with Crippen molar-refractivity contribution in [2.24, 2.45) is 5.92 Å². The van der Waals surface area contributed by atoms with E-state index in [1.54, 1.807) is 24.7 Å². The summed E-state index contributed by atoms with van der Waals surface area (Å²) in [7, 11) is 0. The van der Waals surface area contributed by atoms with Crippen LogP contribution in [0.1, 0.15) is 31.9 Å². The van der Waals surface area contributed by atoms with E-state index in [9.17, 15) is 4.39 Å². The van der Waals surface area contributed by atoms with Gasteiger partial charge < -0.3 is 10.3 Å². The highest BCUT2D eigenvalue weighted by Crippen LogP contribution is 2.32. The lowest BCUT2D eigenvalue weighted by molar-refractivity contribution is 0.374. The lowest BCUT2D eigenvalue weighted by atomic mass is 9.90. The Hall–Kier alpha value is -4.43. The molecule has 1 aliphatic heterocycles. The Kier molecular flexibility index (Phi) is 6.85. The zero-order valence-corrected chi connectivity index (χ0v) is 21.8. The molecular weight excluding hydrogens is 489 g/mol. The third kappa shape index (κ3) is 5.03. The SMILES string of the molecule is C=C/C(=C\C(=C/C)c1cc2c(-c3nc4c(-c5cccc(F)c5)cncc4[nH]3)n[nH]c2cn1)CC1CCNCC1. The van der Waals surface area contributed by atoms with Crippen molar-refractivity contribution >= 4 is 27.5 Å². The number of rotatable bonds is 7. The second-order valence-electron chi connectivity index (χ2n) is 9.93. The number of imidazole rings is 1. The number of nitrogens with zero attached hydrogens (tertiary/aromatic N) is 4. The number of allylic oxidation sites excluding steroid dienone is 5. The average molecular weight is 520 g/mol. The fourth-order valence-corrected chi connectivity index (χ4v) is 5.29. The summed E-state index contributed by atoms with van der Waals surface area (Å²) in [5.74, 6) is 0.974. The van der Waals surface area contributed by atoms with Crippen LogP contribution >= 0.6 is 0 Å². The second-order valence-corrected chi connectivity index (χ2v) is 9.93. The summed E-state index contributed by atoms with van der Waals surface area (Å²) >= 11 is 0. The van der Waals surface area contributed by atoms with E-state index in [2.05, 4.69) is 44.2 Å². The highest BCUT2D eigenvalue weighted by Gasteiger charge is 2.18. The van der Waals surface area contributed by atoms with E-state index >= 15 is 0 Å². The van der Waals surface area contributed by atoms with Gasteiger partial charge in [-0.2, -0.15) is 5.10 Å². The van der Waals surface area contributed by atoms with Crippen molar-refractivity contribution in [1.29, 1.82) is 0 Å². The third-order valence-electron chi connectivity index (χ3n) is 7.39. The van der Waals surface area contributed by atoms with Gasteiger partial charge >= 0.3 is 0 Å². The molecule has 0 radical (unpaired) electrons. The number of hydrogen-bond donors (Lipinski definition) is 3. The number of benzene rings is 1. The van der Waals surface area contributed by atoms with E-state index in [-0.39, 0.29) is 5.82 Å². The first kappa shape index (κ1) is 24.9. The van der Waals surface area contributed by atoms with Gasteiger partial charge in [0.2, 0.25) is 0 Å². The quantitative estimate of drug-likeness (QED) is 0.210. The molecule has 0 atom stereocenters. The lowest BCUT2D eigenvalue weighted by Crippen LogP contribution is -2.27. The smallest absolute Gasteiger partial charge is 0.159 e. The normalized spacial score (nSPS) is 15.3. The number of piperidine rings is 1. The molecule has 0 amide bonds. The van der Waals surface area contributed by atoms with Crippen LogP contribution in [0.4, 0.5) is 4.39 Å². The largest absolute Gasteiger partial charge is 0.335 e. The van der Waals surface area contributed by atoms with Gasteiger partial charge in [0.1, 0.15) is 11.5 Å². The van der Waals surface area contributed by atoms with Gasteiger partial charge in [0.25, 0.3) is 0 Å². The zero-order chi connectivity index (χ0) is 26.8. The number of nitrogens with one attached hydrogen (secondary N) is 3. The number of aromatic nitrogens is 6. The van der Waals surface area contributed by atoms with Crippen LogP contribution in [0.2, 0.25) is 0 Å². The van der Waals surface area contributed by atoms with Crippen LogP contribution in [-0.2, 0) is 0 Å². The summed E-state index contributed by atoms with van der Waals surface area (Å²) in [5.41, 5.74) is 7.55. The molecule has 7 nitrogen and oxygen atoms in total. The second kappa shape index (κ2) is 10.7. The van der Waals surface area contributed by atoms with Gasteiger partial charge in [0.15, 0.2) is 5.82 Å². The molecule has 0 aliphatic carbocycles. The molecule has 5 aromatic rings. The maximum Gasteiger partial charge on any atom is 0.159 e. The predicted molar refractivity (Wildman–Crippen MR) is 154 cm³/mol. The van der Waals surface area contributed by atoms with Crippen LogP contribution in [0, 0.1) is 11.7 Å². The van der Waals surface area contributed by atoms with Crippen LogP contribution < -0.4 is 5.32 Å². The molecule has 196 valence electrons. The minimum Gasteiger partial charge on any atom is -0.335 e. The molecule has 39 heavy (non-hydrogen) atoms. The van der Waals surface area contributed by atoms with Gasteiger partial charge in [0, 0.05) is 17.1 Å². The fourth-order valence-electron chi connectivity index (χ4n) is 5.29. The Labute approximate surface area is 226 Å². The van der Waals surface area contributed by atoms with Crippen molar-refractivity contribution < 1.29 is 4.39 Å². The Bertz CT molecular complexity index is 1720. The molecule has 3 N–H and O–H groups in total. The molecule has 8 heteroatoms. The van der Waals surface area contributed by atoms with E-state index < -0.39 is 0 Å². The number of fused-ring (bicyclic) bond motifs is 2. The van der Waals surface area contributed by atoms with E-state index in [0.717, 1.165) is 58.3 Å². The summed E-state index contributed by atoms with van der Waals surface area (Å²) in [6.07, 6.45) is 14.9. The van der Waals surface area contributed by atoms with Gasteiger partial charge in [-0.3, -0.25) is 15.1 Å². The van der Waals surface area contributed by atoms with Crippen molar-refractivity contribution in [3.05, 3.63) is 90.8 Å². The van der Waals surface area contributed by atoms with Crippen LogP contribution in [0.25, 0.3) is 50.2 Å². The standard InChI is InChI=1S/C31H30FN7/c1-3-19(12-20-8-10-33-11-9-20)13-21(4-2)26-15-24-27(18-35-26)38-39-30(24)31-36-28-17-34-16-25(29(28)37-31)22-6-5-7-23(32)14-22/h3-7,13-18,20,33H,1,8-12H2,2H3,(H,36,37)(H,38,39)/b19-13+,21-4+. The Morgan fingerprint density at radius 3 is 2.79 bits per heavy atom. The fraction of sp³-hybridized carbons (Fsp3) is 0.226. The van der Waals surface area contributed by atoms with Crippen LogP contribution in [0.15, 0.2) is 79.3 Å². The maximum absolute atomic E-state index is 13.9. The van der Waals surface area contributed by atoms with E-state index in [0.29, 0.717) is 23.0 Å². The molecule has 1 fully saturated rings. The van der Waals surface area contributed by atoms with E-state index in [1.807, 2.05) is 25.1 Å². The molecule has 0 saturated carbocycles. The third-order valence-corrected chi connectivity index (χ3v) is 7.39. The predicted octanol–water partition coefficient (Wildman–Crippen LogP) is 6.61. The van der Waals surface area contributed by atoms with Gasteiger partial charge in [-0.15, -0.1) is 0 Å². The summed E-state index contributed by atoms with van der Waals surface area (Å²) in [5, 5.41) is 12.0. The van der Waals surface area contributed by atoms with Crippen molar-refractivity contribution in [3.63, 3.8) is 0 Å². The van der Waals surface area contributed by atoms with Crippen molar-refractivity contribution in [1.82, 2.24) is 35.5 Å². The molecular formula is C31H30FN7. The molecule has 0 spiro atoms. The molecule has 1 aliphatic rings. The van der Waals surface area contributed by atoms with E-state index in [1.165, 1.54) is 30.5 Å². The summed E-state index contributed by atoms with van der Waals surface area (Å²) in [6, 6.07) is 8.49. The van der Waals surface area contributed by atoms with Crippen LogP contribution in [0.3, 0.4) is 0 Å². The highest BCUT2D eigenvalue weighted by molar-refractivity contribution is 5.97. The topological polar surface area (TPSA) is 95.2 Å². The van der Waals surface area contributed by atoms with Crippen LogP contribution in [-0.4, -0.2) is 43.2 Å². The average Bonchev–Trinajstić information content (AvgIpc) is 3.59. The molecule has 0 bridgehead atoms. The Balaban J connectivity index is 1.37. The molecule has 1 aromatic carbocycles. The maximum atomic E-state index is 13.9.